The van der Waals surface area contributed by atoms with Crippen molar-refractivity contribution < 1.29 is 23.4 Å². The van der Waals surface area contributed by atoms with Gasteiger partial charge < -0.3 is 10.2 Å². The van der Waals surface area contributed by atoms with Crippen LogP contribution >= 0.6 is 0 Å². The quantitative estimate of drug-likeness (QED) is 0.653. The summed E-state index contributed by atoms with van der Waals surface area (Å²) in [5.74, 6) is -1.13. The standard InChI is InChI=1S/C11H15NO5S/c1-18(16,17)9-4-2-8(3-5-9)6-12-10(7-13)11(14)15/h2-5,10,12-13H,6-7H2,1H3,(H,14,15)/t10-/m0/s1. The van der Waals surface area contributed by atoms with E-state index in [0.717, 1.165) is 11.8 Å². The van der Waals surface area contributed by atoms with Gasteiger partial charge in [-0.15, -0.1) is 0 Å². The summed E-state index contributed by atoms with van der Waals surface area (Å²) < 4.78 is 22.4. The van der Waals surface area contributed by atoms with Gasteiger partial charge in [0.2, 0.25) is 0 Å². The van der Waals surface area contributed by atoms with Crippen molar-refractivity contribution in [1.82, 2.24) is 5.32 Å². The summed E-state index contributed by atoms with van der Waals surface area (Å²) >= 11 is 0. The van der Waals surface area contributed by atoms with E-state index in [9.17, 15) is 13.2 Å². The van der Waals surface area contributed by atoms with Crippen molar-refractivity contribution in [3.8, 4) is 0 Å². The third-order valence-electron chi connectivity index (χ3n) is 2.38. The van der Waals surface area contributed by atoms with Crippen LogP contribution in [0.25, 0.3) is 0 Å². The molecular weight excluding hydrogens is 258 g/mol. The maximum atomic E-state index is 11.2. The van der Waals surface area contributed by atoms with E-state index in [1.54, 1.807) is 12.1 Å². The summed E-state index contributed by atoms with van der Waals surface area (Å²) in [5.41, 5.74) is 0.738. The van der Waals surface area contributed by atoms with Crippen LogP contribution in [0.4, 0.5) is 0 Å². The Morgan fingerprint density at radius 1 is 1.33 bits per heavy atom. The minimum Gasteiger partial charge on any atom is -0.480 e. The molecule has 3 N–H and O–H groups in total. The summed E-state index contributed by atoms with van der Waals surface area (Å²) in [4.78, 5) is 10.8. The number of aliphatic hydroxyl groups is 1. The van der Waals surface area contributed by atoms with Crippen LogP contribution in [0.3, 0.4) is 0 Å². The third kappa shape index (κ3) is 4.10. The van der Waals surface area contributed by atoms with Gasteiger partial charge in [-0.1, -0.05) is 12.1 Å². The SMILES string of the molecule is CS(=O)(=O)c1ccc(CN[C@@H](CO)C(=O)O)cc1. The highest BCUT2D eigenvalue weighted by Gasteiger charge is 2.15. The number of aliphatic carboxylic acids is 1. The average Bonchev–Trinajstić information content (AvgIpc) is 2.29. The first kappa shape index (κ1) is 14.6. The zero-order valence-corrected chi connectivity index (χ0v) is 10.6. The summed E-state index contributed by atoms with van der Waals surface area (Å²) in [6.07, 6.45) is 1.12. The van der Waals surface area contributed by atoms with Gasteiger partial charge in [0.25, 0.3) is 0 Å². The van der Waals surface area contributed by atoms with Crippen molar-refractivity contribution in [2.45, 2.75) is 17.5 Å². The Bertz CT molecular complexity index is 509. The van der Waals surface area contributed by atoms with Crippen LogP contribution in [-0.2, 0) is 21.2 Å². The van der Waals surface area contributed by atoms with Crippen molar-refractivity contribution in [2.24, 2.45) is 0 Å². The predicted molar refractivity (Wildman–Crippen MR) is 64.9 cm³/mol. The fourth-order valence-corrected chi connectivity index (χ4v) is 1.96. The van der Waals surface area contributed by atoms with Crippen LogP contribution in [0.2, 0.25) is 0 Å². The van der Waals surface area contributed by atoms with Crippen LogP contribution in [0.5, 0.6) is 0 Å². The Hall–Kier alpha value is -1.44. The summed E-state index contributed by atoms with van der Waals surface area (Å²) in [6, 6.07) is 5.08. The van der Waals surface area contributed by atoms with E-state index in [4.69, 9.17) is 10.2 Å². The van der Waals surface area contributed by atoms with Crippen molar-refractivity contribution in [3.63, 3.8) is 0 Å². The molecule has 0 aliphatic heterocycles. The van der Waals surface area contributed by atoms with E-state index in [1.807, 2.05) is 0 Å². The largest absolute Gasteiger partial charge is 0.480 e. The molecule has 1 aromatic carbocycles. The molecular formula is C11H15NO5S. The Morgan fingerprint density at radius 3 is 2.28 bits per heavy atom. The molecule has 0 radical (unpaired) electrons. The first-order chi connectivity index (χ1) is 8.34. The second-order valence-electron chi connectivity index (χ2n) is 3.87. The lowest BCUT2D eigenvalue weighted by atomic mass is 10.2. The highest BCUT2D eigenvalue weighted by atomic mass is 32.2. The number of benzene rings is 1. The Labute approximate surface area is 105 Å². The minimum absolute atomic E-state index is 0.211. The molecule has 7 heteroatoms. The lowest BCUT2D eigenvalue weighted by molar-refractivity contribution is -0.140. The van der Waals surface area contributed by atoms with Gasteiger partial charge in [-0.25, -0.2) is 8.42 Å². The third-order valence-corrected chi connectivity index (χ3v) is 3.51. The summed E-state index contributed by atoms with van der Waals surface area (Å²) in [7, 11) is -3.22. The first-order valence-corrected chi connectivity index (χ1v) is 7.10. The molecule has 0 spiro atoms. The van der Waals surface area contributed by atoms with Crippen LogP contribution in [0.1, 0.15) is 5.56 Å². The fourth-order valence-electron chi connectivity index (χ4n) is 1.33. The topological polar surface area (TPSA) is 104 Å². The normalized spacial score (nSPS) is 13.2. The van der Waals surface area contributed by atoms with Crippen molar-refractivity contribution >= 4 is 15.8 Å². The van der Waals surface area contributed by atoms with Crippen LogP contribution < -0.4 is 5.32 Å². The molecule has 0 aliphatic rings. The molecule has 1 aromatic rings. The molecule has 0 aromatic heterocycles. The van der Waals surface area contributed by atoms with Gasteiger partial charge in [-0.3, -0.25) is 10.1 Å². The monoisotopic (exact) mass is 273 g/mol. The molecule has 0 fully saturated rings. The van der Waals surface area contributed by atoms with E-state index >= 15 is 0 Å². The molecule has 1 rings (SSSR count). The zero-order valence-electron chi connectivity index (χ0n) is 9.83. The highest BCUT2D eigenvalue weighted by Crippen LogP contribution is 2.10. The smallest absolute Gasteiger partial charge is 0.323 e. The number of hydrogen-bond donors (Lipinski definition) is 3. The number of nitrogens with one attached hydrogen (secondary N) is 1. The molecule has 0 saturated heterocycles. The second-order valence-corrected chi connectivity index (χ2v) is 5.89. The fraction of sp³-hybridized carbons (Fsp3) is 0.364. The van der Waals surface area contributed by atoms with Crippen LogP contribution in [0.15, 0.2) is 29.2 Å². The van der Waals surface area contributed by atoms with Gasteiger partial charge in [0, 0.05) is 12.8 Å². The van der Waals surface area contributed by atoms with E-state index in [-0.39, 0.29) is 11.4 Å². The average molecular weight is 273 g/mol. The van der Waals surface area contributed by atoms with E-state index < -0.39 is 28.5 Å². The molecule has 18 heavy (non-hydrogen) atoms. The van der Waals surface area contributed by atoms with Crippen molar-refractivity contribution in [1.29, 1.82) is 0 Å². The van der Waals surface area contributed by atoms with E-state index in [0.29, 0.717) is 0 Å². The van der Waals surface area contributed by atoms with Gasteiger partial charge in [0.15, 0.2) is 9.84 Å². The predicted octanol–water partition coefficient (Wildman–Crippen LogP) is -0.375. The molecule has 100 valence electrons. The maximum absolute atomic E-state index is 11.2. The first-order valence-electron chi connectivity index (χ1n) is 5.20. The highest BCUT2D eigenvalue weighted by molar-refractivity contribution is 7.90. The lowest BCUT2D eigenvalue weighted by Gasteiger charge is -2.11. The van der Waals surface area contributed by atoms with E-state index in [1.165, 1.54) is 12.1 Å². The van der Waals surface area contributed by atoms with Crippen molar-refractivity contribution in [3.05, 3.63) is 29.8 Å². The van der Waals surface area contributed by atoms with Gasteiger partial charge in [0.1, 0.15) is 6.04 Å². The van der Waals surface area contributed by atoms with Gasteiger partial charge in [0.05, 0.1) is 11.5 Å². The molecule has 1 atom stereocenters. The molecule has 0 heterocycles. The molecule has 6 nitrogen and oxygen atoms in total. The Kier molecular flexibility index (Phi) is 4.83. The van der Waals surface area contributed by atoms with Crippen LogP contribution in [0, 0.1) is 0 Å². The number of carboxylic acid groups (broad SMARTS) is 1. The minimum atomic E-state index is -3.22. The zero-order chi connectivity index (χ0) is 13.8. The van der Waals surface area contributed by atoms with E-state index in [2.05, 4.69) is 5.32 Å². The Balaban J connectivity index is 2.67. The number of rotatable bonds is 6. The van der Waals surface area contributed by atoms with Gasteiger partial charge in [-0.05, 0) is 17.7 Å². The van der Waals surface area contributed by atoms with Crippen molar-refractivity contribution in [2.75, 3.05) is 12.9 Å². The number of aliphatic hydroxyl groups excluding tert-OH is 1. The lowest BCUT2D eigenvalue weighted by Crippen LogP contribution is -2.39. The number of sulfone groups is 1. The van der Waals surface area contributed by atoms with Gasteiger partial charge in [-0.2, -0.15) is 0 Å². The summed E-state index contributed by atoms with van der Waals surface area (Å²) in [5, 5.41) is 20.1. The molecule has 0 aliphatic carbocycles. The van der Waals surface area contributed by atoms with Gasteiger partial charge >= 0.3 is 5.97 Å². The number of carbonyl (C=O) groups is 1. The molecule has 0 amide bonds. The Morgan fingerprint density at radius 2 is 1.89 bits per heavy atom. The molecule has 0 unspecified atom stereocenters. The summed E-state index contributed by atoms with van der Waals surface area (Å²) in [6.45, 7) is -0.266. The number of hydrogen-bond acceptors (Lipinski definition) is 5. The van der Waals surface area contributed by atoms with Crippen LogP contribution in [-0.4, -0.2) is 43.5 Å². The maximum Gasteiger partial charge on any atom is 0.323 e. The molecule has 0 saturated carbocycles. The number of carboxylic acids is 1. The molecule has 0 bridgehead atoms. The second kappa shape index (κ2) is 5.94.